The average Bonchev–Trinajstić information content (AvgIpc) is 3.29. The Bertz CT molecular complexity index is 444. The van der Waals surface area contributed by atoms with Crippen molar-refractivity contribution in [2.75, 3.05) is 20.7 Å². The number of carbonyl (C=O) groups is 1. The molecule has 0 aromatic heterocycles. The number of nitrogens with zero attached hydrogens (tertiary/aromatic N) is 1. The molecule has 0 heterocycles. The summed E-state index contributed by atoms with van der Waals surface area (Å²) < 4.78 is 5.38. The fourth-order valence-electron chi connectivity index (χ4n) is 2.38. The Kier molecular flexibility index (Phi) is 5.41. The highest BCUT2D eigenvalue weighted by atomic mass is 16.5. The van der Waals surface area contributed by atoms with Gasteiger partial charge in [-0.2, -0.15) is 0 Å². The maximum absolute atomic E-state index is 12.4. The number of carbonyl (C=O) groups excluding carboxylic acids is 1. The number of rotatable bonds is 8. The van der Waals surface area contributed by atoms with Gasteiger partial charge in [0.05, 0.1) is 7.11 Å². The molecular weight excluding hydrogens is 252 g/mol. The van der Waals surface area contributed by atoms with Crippen LogP contribution in [-0.4, -0.2) is 37.6 Å². The van der Waals surface area contributed by atoms with Gasteiger partial charge in [-0.1, -0.05) is 18.2 Å². The lowest BCUT2D eigenvalue weighted by Gasteiger charge is -2.23. The SMILES string of the molecule is CNCCCC(=O)N(Cc1ccccc1OC)C1CC1. The Morgan fingerprint density at radius 2 is 2.15 bits per heavy atom. The summed E-state index contributed by atoms with van der Waals surface area (Å²) in [6, 6.07) is 8.37. The van der Waals surface area contributed by atoms with Gasteiger partial charge < -0.3 is 15.0 Å². The summed E-state index contributed by atoms with van der Waals surface area (Å²) in [5.41, 5.74) is 1.09. The molecule has 0 radical (unpaired) electrons. The van der Waals surface area contributed by atoms with E-state index in [0.717, 1.165) is 37.1 Å². The lowest BCUT2D eigenvalue weighted by Crippen LogP contribution is -2.33. The number of hydrogen-bond acceptors (Lipinski definition) is 3. The van der Waals surface area contributed by atoms with Gasteiger partial charge in [0.15, 0.2) is 0 Å². The van der Waals surface area contributed by atoms with Gasteiger partial charge in [-0.05, 0) is 38.9 Å². The van der Waals surface area contributed by atoms with Crippen LogP contribution in [0.4, 0.5) is 0 Å². The Hall–Kier alpha value is -1.55. The van der Waals surface area contributed by atoms with Crippen molar-refractivity contribution in [3.8, 4) is 5.75 Å². The first-order valence-electron chi connectivity index (χ1n) is 7.32. The number of hydrogen-bond donors (Lipinski definition) is 1. The second-order valence-electron chi connectivity index (χ2n) is 5.27. The fraction of sp³-hybridized carbons (Fsp3) is 0.562. The van der Waals surface area contributed by atoms with E-state index in [1.807, 2.05) is 36.2 Å². The van der Waals surface area contributed by atoms with Gasteiger partial charge in [0, 0.05) is 24.6 Å². The molecule has 1 aromatic rings. The number of para-hydroxylation sites is 1. The van der Waals surface area contributed by atoms with E-state index < -0.39 is 0 Å². The quantitative estimate of drug-likeness (QED) is 0.740. The monoisotopic (exact) mass is 276 g/mol. The van der Waals surface area contributed by atoms with Gasteiger partial charge in [-0.3, -0.25) is 4.79 Å². The summed E-state index contributed by atoms with van der Waals surface area (Å²) in [7, 11) is 3.59. The molecular formula is C16H24N2O2. The lowest BCUT2D eigenvalue weighted by molar-refractivity contribution is -0.132. The van der Waals surface area contributed by atoms with Crippen molar-refractivity contribution in [1.82, 2.24) is 10.2 Å². The van der Waals surface area contributed by atoms with E-state index in [1.54, 1.807) is 7.11 Å². The van der Waals surface area contributed by atoms with Crippen molar-refractivity contribution in [3.05, 3.63) is 29.8 Å². The summed E-state index contributed by atoms with van der Waals surface area (Å²) in [6.45, 7) is 1.55. The molecule has 20 heavy (non-hydrogen) atoms. The highest BCUT2D eigenvalue weighted by molar-refractivity contribution is 5.77. The third kappa shape index (κ3) is 3.97. The maximum Gasteiger partial charge on any atom is 0.223 e. The molecule has 0 aliphatic heterocycles. The molecule has 0 atom stereocenters. The first-order chi connectivity index (χ1) is 9.76. The minimum atomic E-state index is 0.258. The van der Waals surface area contributed by atoms with Gasteiger partial charge in [-0.25, -0.2) is 0 Å². The van der Waals surface area contributed by atoms with Gasteiger partial charge in [0.25, 0.3) is 0 Å². The predicted molar refractivity (Wildman–Crippen MR) is 79.7 cm³/mol. The van der Waals surface area contributed by atoms with E-state index >= 15 is 0 Å². The molecule has 2 rings (SSSR count). The zero-order chi connectivity index (χ0) is 14.4. The molecule has 110 valence electrons. The van der Waals surface area contributed by atoms with E-state index in [1.165, 1.54) is 0 Å². The van der Waals surface area contributed by atoms with Crippen molar-refractivity contribution >= 4 is 5.91 Å². The van der Waals surface area contributed by atoms with Crippen molar-refractivity contribution in [1.29, 1.82) is 0 Å². The molecule has 4 nitrogen and oxygen atoms in total. The molecule has 0 bridgehead atoms. The van der Waals surface area contributed by atoms with Crippen LogP contribution < -0.4 is 10.1 Å². The summed E-state index contributed by atoms with van der Waals surface area (Å²) in [5, 5.41) is 3.08. The molecule has 1 saturated carbocycles. The smallest absolute Gasteiger partial charge is 0.223 e. The summed E-state index contributed by atoms with van der Waals surface area (Å²) in [5.74, 6) is 1.12. The van der Waals surface area contributed by atoms with Gasteiger partial charge in [0.2, 0.25) is 5.91 Å². The highest BCUT2D eigenvalue weighted by Crippen LogP contribution is 2.31. The number of nitrogens with one attached hydrogen (secondary N) is 1. The van der Waals surface area contributed by atoms with E-state index in [0.29, 0.717) is 19.0 Å². The Morgan fingerprint density at radius 1 is 1.40 bits per heavy atom. The number of amides is 1. The van der Waals surface area contributed by atoms with Crippen LogP contribution in [0.15, 0.2) is 24.3 Å². The van der Waals surface area contributed by atoms with Crippen molar-refractivity contribution in [2.24, 2.45) is 0 Å². The Morgan fingerprint density at radius 3 is 2.80 bits per heavy atom. The molecule has 0 spiro atoms. The van der Waals surface area contributed by atoms with Crippen LogP contribution in [0.3, 0.4) is 0 Å². The largest absolute Gasteiger partial charge is 0.496 e. The predicted octanol–water partition coefficient (Wildman–Crippen LogP) is 2.19. The van der Waals surface area contributed by atoms with Crippen LogP contribution in [0.5, 0.6) is 5.75 Å². The zero-order valence-corrected chi connectivity index (χ0v) is 12.4. The molecule has 1 aliphatic rings. The molecule has 1 aromatic carbocycles. The van der Waals surface area contributed by atoms with Crippen molar-refractivity contribution < 1.29 is 9.53 Å². The van der Waals surface area contributed by atoms with E-state index in [2.05, 4.69) is 5.32 Å². The van der Waals surface area contributed by atoms with Crippen molar-refractivity contribution in [3.63, 3.8) is 0 Å². The van der Waals surface area contributed by atoms with Crippen LogP contribution in [0.25, 0.3) is 0 Å². The molecule has 1 amide bonds. The second-order valence-corrected chi connectivity index (χ2v) is 5.27. The highest BCUT2D eigenvalue weighted by Gasteiger charge is 2.32. The maximum atomic E-state index is 12.4. The molecule has 0 unspecified atom stereocenters. The van der Waals surface area contributed by atoms with Gasteiger partial charge >= 0.3 is 0 Å². The van der Waals surface area contributed by atoms with E-state index in [4.69, 9.17) is 4.74 Å². The van der Waals surface area contributed by atoms with Crippen LogP contribution in [0, 0.1) is 0 Å². The topological polar surface area (TPSA) is 41.6 Å². The standard InChI is InChI=1S/C16H24N2O2/c1-17-11-5-8-16(19)18(14-9-10-14)12-13-6-3-4-7-15(13)20-2/h3-4,6-7,14,17H,5,8-12H2,1-2H3. The average molecular weight is 276 g/mol. The third-order valence-electron chi connectivity index (χ3n) is 3.66. The molecule has 0 saturated heterocycles. The van der Waals surface area contributed by atoms with E-state index in [-0.39, 0.29) is 5.91 Å². The third-order valence-corrected chi connectivity index (χ3v) is 3.66. The fourth-order valence-corrected chi connectivity index (χ4v) is 2.38. The number of benzene rings is 1. The van der Waals surface area contributed by atoms with Crippen LogP contribution in [-0.2, 0) is 11.3 Å². The minimum Gasteiger partial charge on any atom is -0.496 e. The Labute approximate surface area is 121 Å². The molecule has 1 aliphatic carbocycles. The lowest BCUT2D eigenvalue weighted by atomic mass is 10.1. The summed E-state index contributed by atoms with van der Waals surface area (Å²) >= 11 is 0. The first kappa shape index (κ1) is 14.9. The van der Waals surface area contributed by atoms with E-state index in [9.17, 15) is 4.79 Å². The van der Waals surface area contributed by atoms with Gasteiger partial charge in [-0.15, -0.1) is 0 Å². The normalized spacial score (nSPS) is 14.1. The van der Waals surface area contributed by atoms with Crippen LogP contribution in [0.2, 0.25) is 0 Å². The van der Waals surface area contributed by atoms with Crippen molar-refractivity contribution in [2.45, 2.75) is 38.3 Å². The van der Waals surface area contributed by atoms with Crippen LogP contribution >= 0.6 is 0 Å². The minimum absolute atomic E-state index is 0.258. The molecule has 4 heteroatoms. The van der Waals surface area contributed by atoms with Gasteiger partial charge in [0.1, 0.15) is 5.75 Å². The first-order valence-corrected chi connectivity index (χ1v) is 7.32. The number of methoxy groups -OCH3 is 1. The van der Waals surface area contributed by atoms with Crippen LogP contribution in [0.1, 0.15) is 31.2 Å². The number of ether oxygens (including phenoxy) is 1. The summed E-state index contributed by atoms with van der Waals surface area (Å²) in [4.78, 5) is 14.4. The Balaban J connectivity index is 2.00. The molecule has 1 fully saturated rings. The summed E-state index contributed by atoms with van der Waals surface area (Å²) in [6.07, 6.45) is 3.77. The zero-order valence-electron chi connectivity index (χ0n) is 12.4. The molecule has 1 N–H and O–H groups in total. The second kappa shape index (κ2) is 7.29.